The summed E-state index contributed by atoms with van der Waals surface area (Å²) < 4.78 is 7.43. The van der Waals surface area contributed by atoms with E-state index in [0.717, 1.165) is 17.0 Å². The van der Waals surface area contributed by atoms with Crippen LogP contribution in [0.25, 0.3) is 5.65 Å². The molecule has 2 aromatic rings. The lowest BCUT2D eigenvalue weighted by atomic mass is 9.89. The molecule has 0 radical (unpaired) electrons. The Morgan fingerprint density at radius 1 is 1.35 bits per heavy atom. The molecule has 0 aliphatic heterocycles. The van der Waals surface area contributed by atoms with E-state index in [1.807, 2.05) is 35.7 Å². The van der Waals surface area contributed by atoms with Gasteiger partial charge in [-0.25, -0.2) is 9.78 Å². The zero-order valence-corrected chi connectivity index (χ0v) is 14.5. The van der Waals surface area contributed by atoms with Gasteiger partial charge in [-0.3, -0.25) is 0 Å². The first-order valence-corrected chi connectivity index (χ1v) is 7.79. The second kappa shape index (κ2) is 7.00. The highest BCUT2D eigenvalue weighted by molar-refractivity contribution is 5.73. The van der Waals surface area contributed by atoms with Gasteiger partial charge in [-0.05, 0) is 24.5 Å². The monoisotopic (exact) mass is 318 g/mol. The van der Waals surface area contributed by atoms with Gasteiger partial charge in [0.05, 0.1) is 18.3 Å². The van der Waals surface area contributed by atoms with Gasteiger partial charge in [0.25, 0.3) is 0 Å². The zero-order chi connectivity index (χ0) is 17.0. The molecule has 1 atom stereocenters. The first-order chi connectivity index (χ1) is 10.8. The van der Waals surface area contributed by atoms with Crippen LogP contribution in [0.4, 0.5) is 4.79 Å². The predicted octanol–water partition coefficient (Wildman–Crippen LogP) is 2.50. The maximum atomic E-state index is 11.9. The summed E-state index contributed by atoms with van der Waals surface area (Å²) in [6.45, 7) is 9.13. The van der Waals surface area contributed by atoms with Crippen LogP contribution in [0.15, 0.2) is 24.4 Å². The van der Waals surface area contributed by atoms with Crippen molar-refractivity contribution in [2.75, 3.05) is 13.7 Å². The molecule has 0 aromatic carbocycles. The van der Waals surface area contributed by atoms with Crippen molar-refractivity contribution in [2.24, 2.45) is 5.41 Å². The van der Waals surface area contributed by atoms with Gasteiger partial charge in [0, 0.05) is 25.5 Å². The number of amides is 2. The largest absolute Gasteiger partial charge is 0.379 e. The number of carbonyl (C=O) groups excluding carboxylic acids is 1. The Hall–Kier alpha value is -2.08. The number of methoxy groups -OCH3 is 1. The number of carbonyl (C=O) groups is 1. The minimum Gasteiger partial charge on any atom is -0.379 e. The van der Waals surface area contributed by atoms with E-state index in [9.17, 15) is 4.79 Å². The number of hydrogen-bond acceptors (Lipinski definition) is 3. The number of ether oxygens (including phenoxy) is 1. The summed E-state index contributed by atoms with van der Waals surface area (Å²) in [6.07, 6.45) is 1.91. The van der Waals surface area contributed by atoms with Gasteiger partial charge in [-0.2, -0.15) is 0 Å². The van der Waals surface area contributed by atoms with Crippen LogP contribution in [0.3, 0.4) is 0 Å². The summed E-state index contributed by atoms with van der Waals surface area (Å²) in [4.78, 5) is 16.4. The molecule has 0 spiro atoms. The third-order valence-corrected chi connectivity index (χ3v) is 3.87. The first-order valence-electron chi connectivity index (χ1n) is 7.79. The maximum Gasteiger partial charge on any atom is 0.315 e. The molecule has 0 fully saturated rings. The molecule has 126 valence electrons. The number of urea groups is 1. The number of nitrogens with zero attached hydrogens (tertiary/aromatic N) is 2. The van der Waals surface area contributed by atoms with E-state index in [-0.39, 0.29) is 17.6 Å². The molecule has 0 saturated heterocycles. The number of rotatable bonds is 5. The summed E-state index contributed by atoms with van der Waals surface area (Å²) in [6, 6.07) is 5.72. The third kappa shape index (κ3) is 4.45. The van der Waals surface area contributed by atoms with Crippen LogP contribution in [0.2, 0.25) is 0 Å². The Morgan fingerprint density at radius 2 is 2.09 bits per heavy atom. The van der Waals surface area contributed by atoms with E-state index in [0.29, 0.717) is 13.1 Å². The smallest absolute Gasteiger partial charge is 0.315 e. The molecule has 2 aromatic heterocycles. The molecule has 0 aliphatic carbocycles. The van der Waals surface area contributed by atoms with Crippen molar-refractivity contribution in [3.63, 3.8) is 0 Å². The molecule has 6 nitrogen and oxygen atoms in total. The molecular formula is C17H26N4O2. The van der Waals surface area contributed by atoms with E-state index in [1.54, 1.807) is 7.11 Å². The lowest BCUT2D eigenvalue weighted by molar-refractivity contribution is 0.0194. The molecule has 6 heteroatoms. The van der Waals surface area contributed by atoms with E-state index >= 15 is 0 Å². The van der Waals surface area contributed by atoms with E-state index < -0.39 is 0 Å². The van der Waals surface area contributed by atoms with E-state index in [2.05, 4.69) is 36.4 Å². The van der Waals surface area contributed by atoms with Crippen molar-refractivity contribution in [3.8, 4) is 0 Å². The van der Waals surface area contributed by atoms with Gasteiger partial charge >= 0.3 is 6.03 Å². The number of fused-ring (bicyclic) bond motifs is 1. The normalized spacial score (nSPS) is 13.1. The zero-order valence-electron chi connectivity index (χ0n) is 14.5. The Morgan fingerprint density at radius 3 is 2.70 bits per heavy atom. The van der Waals surface area contributed by atoms with Crippen molar-refractivity contribution in [3.05, 3.63) is 35.8 Å². The number of hydrogen-bond donors (Lipinski definition) is 2. The fourth-order valence-electron chi connectivity index (χ4n) is 2.45. The van der Waals surface area contributed by atoms with Crippen molar-refractivity contribution in [1.29, 1.82) is 0 Å². The van der Waals surface area contributed by atoms with Gasteiger partial charge in [0.15, 0.2) is 0 Å². The Balaban J connectivity index is 1.87. The van der Waals surface area contributed by atoms with Crippen LogP contribution in [0.1, 0.15) is 32.2 Å². The fourth-order valence-corrected chi connectivity index (χ4v) is 2.45. The highest BCUT2D eigenvalue weighted by Gasteiger charge is 2.24. The van der Waals surface area contributed by atoms with Crippen LogP contribution in [-0.2, 0) is 11.3 Å². The Kier molecular flexibility index (Phi) is 5.26. The summed E-state index contributed by atoms with van der Waals surface area (Å²) in [7, 11) is 1.66. The topological polar surface area (TPSA) is 67.7 Å². The van der Waals surface area contributed by atoms with Gasteiger partial charge in [0.1, 0.15) is 5.65 Å². The summed E-state index contributed by atoms with van der Waals surface area (Å²) >= 11 is 0. The summed E-state index contributed by atoms with van der Waals surface area (Å²) in [5, 5.41) is 5.67. The Bertz CT molecular complexity index is 673. The number of nitrogens with one attached hydrogen (secondary N) is 2. The first kappa shape index (κ1) is 17.3. The van der Waals surface area contributed by atoms with Crippen LogP contribution in [-0.4, -0.2) is 35.2 Å². The standard InChI is InChI=1S/C17H26N4O2/c1-12-7-6-8-15-20-13(11-21(12)15)9-18-16(22)19-10-14(23-5)17(2,3)4/h6-8,11,14H,9-10H2,1-5H3,(H2,18,19,22)/t14-/m0/s1. The quantitative estimate of drug-likeness (QED) is 0.890. The second-order valence-electron chi connectivity index (χ2n) is 6.78. The third-order valence-electron chi connectivity index (χ3n) is 3.87. The highest BCUT2D eigenvalue weighted by atomic mass is 16.5. The lowest BCUT2D eigenvalue weighted by Crippen LogP contribution is -2.44. The molecular weight excluding hydrogens is 292 g/mol. The molecule has 2 amide bonds. The van der Waals surface area contributed by atoms with Crippen molar-refractivity contribution in [1.82, 2.24) is 20.0 Å². The Labute approximate surface area is 137 Å². The minimum absolute atomic E-state index is 0.0266. The number of aromatic nitrogens is 2. The van der Waals surface area contributed by atoms with Gasteiger partial charge < -0.3 is 19.8 Å². The number of aryl methyl sites for hydroxylation is 1. The van der Waals surface area contributed by atoms with Gasteiger partial charge in [0.2, 0.25) is 0 Å². The highest BCUT2D eigenvalue weighted by Crippen LogP contribution is 2.20. The van der Waals surface area contributed by atoms with Crippen LogP contribution in [0, 0.1) is 12.3 Å². The van der Waals surface area contributed by atoms with Gasteiger partial charge in [-0.15, -0.1) is 0 Å². The fraction of sp³-hybridized carbons (Fsp3) is 0.529. The molecule has 2 heterocycles. The van der Waals surface area contributed by atoms with E-state index in [1.165, 1.54) is 0 Å². The van der Waals surface area contributed by atoms with Crippen molar-refractivity contribution < 1.29 is 9.53 Å². The lowest BCUT2D eigenvalue weighted by Gasteiger charge is -2.29. The van der Waals surface area contributed by atoms with Crippen LogP contribution >= 0.6 is 0 Å². The second-order valence-corrected chi connectivity index (χ2v) is 6.78. The molecule has 2 rings (SSSR count). The number of pyridine rings is 1. The molecule has 0 saturated carbocycles. The molecule has 23 heavy (non-hydrogen) atoms. The minimum atomic E-state index is -0.218. The van der Waals surface area contributed by atoms with Crippen LogP contribution < -0.4 is 10.6 Å². The predicted molar refractivity (Wildman–Crippen MR) is 90.4 cm³/mol. The SMILES string of the molecule is CO[C@@H](CNC(=O)NCc1cn2c(C)cccc2n1)C(C)(C)C. The molecule has 0 bridgehead atoms. The van der Waals surface area contributed by atoms with Crippen molar-refractivity contribution in [2.45, 2.75) is 40.3 Å². The molecule has 0 aliphatic rings. The summed E-state index contributed by atoms with van der Waals surface area (Å²) in [5.41, 5.74) is 2.79. The average molecular weight is 318 g/mol. The number of imidazole rings is 1. The molecule has 2 N–H and O–H groups in total. The van der Waals surface area contributed by atoms with E-state index in [4.69, 9.17) is 4.74 Å². The van der Waals surface area contributed by atoms with Gasteiger partial charge in [-0.1, -0.05) is 26.8 Å². The van der Waals surface area contributed by atoms with Crippen LogP contribution in [0.5, 0.6) is 0 Å². The average Bonchev–Trinajstić information content (AvgIpc) is 2.89. The maximum absolute atomic E-state index is 11.9. The molecule has 0 unspecified atom stereocenters. The van der Waals surface area contributed by atoms with Crippen molar-refractivity contribution >= 4 is 11.7 Å². The summed E-state index contributed by atoms with van der Waals surface area (Å²) in [5.74, 6) is 0.